The van der Waals surface area contributed by atoms with E-state index in [2.05, 4.69) is 27.7 Å². The molecular formula is C22H36O4. The van der Waals surface area contributed by atoms with Gasteiger partial charge in [0.25, 0.3) is 0 Å². The minimum atomic E-state index is -0.713. The molecule has 0 unspecified atom stereocenters. The molecule has 0 bridgehead atoms. The Morgan fingerprint density at radius 1 is 0.885 bits per heavy atom. The number of carbonyl (C=O) groups excluding carboxylic acids is 1. The molecule has 0 aromatic carbocycles. The number of Topliss-reactive ketones (excluding diaryl/α,β-unsaturated/α-hetero) is 1. The largest absolute Gasteiger partial charge is 0.393 e. The fourth-order valence-corrected chi connectivity index (χ4v) is 8.52. The minimum Gasteiger partial charge on any atom is -0.393 e. The molecule has 9 atom stereocenters. The quantitative estimate of drug-likeness (QED) is 0.618. The third-order valence-corrected chi connectivity index (χ3v) is 10.2. The normalized spacial score (nSPS) is 58.7. The van der Waals surface area contributed by atoms with Gasteiger partial charge in [-0.25, -0.2) is 0 Å². The fourth-order valence-electron chi connectivity index (χ4n) is 8.52. The Labute approximate surface area is 157 Å². The van der Waals surface area contributed by atoms with Crippen molar-refractivity contribution in [3.8, 4) is 0 Å². The summed E-state index contributed by atoms with van der Waals surface area (Å²) >= 11 is 0. The molecule has 3 N–H and O–H groups in total. The average molecular weight is 365 g/mol. The number of carbonyl (C=O) groups is 1. The molecule has 4 aliphatic rings. The topological polar surface area (TPSA) is 77.8 Å². The molecule has 4 heteroatoms. The van der Waals surface area contributed by atoms with E-state index in [1.807, 2.05) is 6.92 Å². The molecule has 4 rings (SSSR count). The van der Waals surface area contributed by atoms with Gasteiger partial charge in [-0.1, -0.05) is 34.6 Å². The van der Waals surface area contributed by atoms with Crippen LogP contribution in [0.2, 0.25) is 0 Å². The number of fused-ring (bicyclic) bond motifs is 5. The van der Waals surface area contributed by atoms with Crippen LogP contribution in [0.15, 0.2) is 0 Å². The molecular weight excluding hydrogens is 328 g/mol. The van der Waals surface area contributed by atoms with Crippen molar-refractivity contribution in [2.24, 2.45) is 39.4 Å². The number of ketones is 1. The summed E-state index contributed by atoms with van der Waals surface area (Å²) in [6, 6.07) is 0. The van der Waals surface area contributed by atoms with E-state index in [9.17, 15) is 20.1 Å². The summed E-state index contributed by atoms with van der Waals surface area (Å²) in [5.74, 6) is 0.439. The zero-order valence-corrected chi connectivity index (χ0v) is 17.0. The van der Waals surface area contributed by atoms with Gasteiger partial charge in [-0.15, -0.1) is 0 Å². The van der Waals surface area contributed by atoms with Gasteiger partial charge in [0.1, 0.15) is 5.78 Å². The molecule has 148 valence electrons. The Balaban J connectivity index is 1.82. The Morgan fingerprint density at radius 2 is 1.54 bits per heavy atom. The van der Waals surface area contributed by atoms with Crippen molar-refractivity contribution in [3.63, 3.8) is 0 Å². The highest BCUT2D eigenvalue weighted by Gasteiger charge is 2.72. The van der Waals surface area contributed by atoms with Crippen LogP contribution in [0.5, 0.6) is 0 Å². The van der Waals surface area contributed by atoms with Crippen LogP contribution in [-0.4, -0.2) is 39.4 Å². The summed E-state index contributed by atoms with van der Waals surface area (Å²) in [6.45, 7) is 11.0. The van der Waals surface area contributed by atoms with E-state index in [1.165, 1.54) is 0 Å². The maximum atomic E-state index is 13.1. The van der Waals surface area contributed by atoms with E-state index in [-0.39, 0.29) is 46.4 Å². The maximum absolute atomic E-state index is 13.1. The second-order valence-corrected chi connectivity index (χ2v) is 11.2. The van der Waals surface area contributed by atoms with Gasteiger partial charge in [0, 0.05) is 17.8 Å². The lowest BCUT2D eigenvalue weighted by atomic mass is 9.35. The standard InChI is InChI=1S/C22H36O4/c1-19(2)14-6-9-21(4)15(20(14,3)8-7-16(19)25)10-12(23)18-13(24)11-17(26)22(18,21)5/h12-16,18,23-25H,6-11H2,1-5H3/t12-,13-,14+,15-,16+,18-,20+,21-,22-/m1/s1. The molecule has 4 nitrogen and oxygen atoms in total. The molecule has 0 amide bonds. The Morgan fingerprint density at radius 3 is 2.19 bits per heavy atom. The van der Waals surface area contributed by atoms with Crippen LogP contribution < -0.4 is 0 Å². The first-order valence-electron chi connectivity index (χ1n) is 10.5. The first-order valence-corrected chi connectivity index (χ1v) is 10.5. The molecule has 4 fully saturated rings. The molecule has 0 aromatic rings. The van der Waals surface area contributed by atoms with Crippen LogP contribution in [0.25, 0.3) is 0 Å². The molecule has 0 aliphatic heterocycles. The van der Waals surface area contributed by atoms with Gasteiger partial charge < -0.3 is 15.3 Å². The van der Waals surface area contributed by atoms with Crippen LogP contribution >= 0.6 is 0 Å². The SMILES string of the molecule is CC1(C)[C@@H](O)CC[C@]2(C)[C@H]3C[C@@H](O)[C@@H]4[C@H](O)CC(=O)[C@@]4(C)[C@]3(C)CC[C@@H]12. The van der Waals surface area contributed by atoms with Gasteiger partial charge in [0.05, 0.1) is 18.3 Å². The van der Waals surface area contributed by atoms with Crippen molar-refractivity contribution in [2.45, 2.75) is 91.5 Å². The highest BCUT2D eigenvalue weighted by Crippen LogP contribution is 2.73. The minimum absolute atomic E-state index is 0.0124. The van der Waals surface area contributed by atoms with Crippen molar-refractivity contribution in [2.75, 3.05) is 0 Å². The zero-order valence-electron chi connectivity index (χ0n) is 17.0. The average Bonchev–Trinajstić information content (AvgIpc) is 2.78. The third-order valence-electron chi connectivity index (χ3n) is 10.2. The van der Waals surface area contributed by atoms with Gasteiger partial charge in [-0.2, -0.15) is 0 Å². The number of aliphatic hydroxyl groups excluding tert-OH is 3. The van der Waals surface area contributed by atoms with E-state index in [4.69, 9.17) is 0 Å². The monoisotopic (exact) mass is 364 g/mol. The second kappa shape index (κ2) is 5.33. The van der Waals surface area contributed by atoms with Crippen molar-refractivity contribution in [1.82, 2.24) is 0 Å². The molecule has 26 heavy (non-hydrogen) atoms. The number of rotatable bonds is 0. The lowest BCUT2D eigenvalue weighted by Crippen LogP contribution is -2.67. The molecule has 0 aromatic heterocycles. The summed E-state index contributed by atoms with van der Waals surface area (Å²) < 4.78 is 0. The predicted molar refractivity (Wildman–Crippen MR) is 99.3 cm³/mol. The lowest BCUT2D eigenvalue weighted by molar-refractivity contribution is -0.240. The number of hydrogen-bond donors (Lipinski definition) is 3. The molecule has 4 aliphatic carbocycles. The van der Waals surface area contributed by atoms with Crippen LogP contribution in [-0.2, 0) is 4.79 Å². The lowest BCUT2D eigenvalue weighted by Gasteiger charge is -2.69. The number of hydrogen-bond acceptors (Lipinski definition) is 4. The molecule has 0 radical (unpaired) electrons. The highest BCUT2D eigenvalue weighted by atomic mass is 16.3. The molecule has 4 saturated carbocycles. The smallest absolute Gasteiger partial charge is 0.142 e. The Hall–Kier alpha value is -0.450. The highest BCUT2D eigenvalue weighted by molar-refractivity contribution is 5.89. The Kier molecular flexibility index (Phi) is 3.87. The van der Waals surface area contributed by atoms with E-state index in [1.54, 1.807) is 0 Å². The summed E-state index contributed by atoms with van der Waals surface area (Å²) in [7, 11) is 0. The van der Waals surface area contributed by atoms with E-state index >= 15 is 0 Å². The third kappa shape index (κ3) is 1.94. The molecule has 0 saturated heterocycles. The van der Waals surface area contributed by atoms with E-state index in [0.717, 1.165) is 25.7 Å². The van der Waals surface area contributed by atoms with Gasteiger partial charge in [0.15, 0.2) is 0 Å². The fraction of sp³-hybridized carbons (Fsp3) is 0.955. The van der Waals surface area contributed by atoms with Crippen LogP contribution in [0, 0.1) is 39.4 Å². The summed E-state index contributed by atoms with van der Waals surface area (Å²) in [6.07, 6.45) is 2.93. The second-order valence-electron chi connectivity index (χ2n) is 11.2. The van der Waals surface area contributed by atoms with Crippen LogP contribution in [0.4, 0.5) is 0 Å². The van der Waals surface area contributed by atoms with Crippen LogP contribution in [0.1, 0.15) is 73.1 Å². The van der Waals surface area contributed by atoms with Gasteiger partial charge >= 0.3 is 0 Å². The van der Waals surface area contributed by atoms with E-state index < -0.39 is 17.6 Å². The van der Waals surface area contributed by atoms with E-state index in [0.29, 0.717) is 12.3 Å². The summed E-state index contributed by atoms with van der Waals surface area (Å²) in [5, 5.41) is 32.2. The first-order chi connectivity index (χ1) is 11.9. The van der Waals surface area contributed by atoms with Gasteiger partial charge in [-0.3, -0.25) is 4.79 Å². The molecule has 0 spiro atoms. The summed E-state index contributed by atoms with van der Waals surface area (Å²) in [4.78, 5) is 13.1. The van der Waals surface area contributed by atoms with Crippen molar-refractivity contribution < 1.29 is 20.1 Å². The molecule has 0 heterocycles. The predicted octanol–water partition coefficient (Wildman–Crippen LogP) is 2.93. The Bertz CT molecular complexity index is 630. The van der Waals surface area contributed by atoms with Crippen molar-refractivity contribution in [1.29, 1.82) is 0 Å². The van der Waals surface area contributed by atoms with Gasteiger partial charge in [0.2, 0.25) is 0 Å². The van der Waals surface area contributed by atoms with Crippen LogP contribution in [0.3, 0.4) is 0 Å². The first kappa shape index (κ1) is 18.9. The maximum Gasteiger partial charge on any atom is 0.142 e. The number of aliphatic hydroxyl groups is 3. The van der Waals surface area contributed by atoms with Crippen molar-refractivity contribution >= 4 is 5.78 Å². The van der Waals surface area contributed by atoms with Crippen molar-refractivity contribution in [3.05, 3.63) is 0 Å². The summed E-state index contributed by atoms with van der Waals surface area (Å²) in [5.41, 5.74) is -0.979. The zero-order chi connectivity index (χ0) is 19.3. The van der Waals surface area contributed by atoms with Gasteiger partial charge in [-0.05, 0) is 60.2 Å².